The van der Waals surface area contributed by atoms with Gasteiger partial charge in [-0.3, -0.25) is 4.79 Å². The van der Waals surface area contributed by atoms with E-state index in [0.717, 1.165) is 28.6 Å². The Balaban J connectivity index is 1.91. The normalized spacial score (nSPS) is 10.7. The number of aryl methyl sites for hydroxylation is 1. The lowest BCUT2D eigenvalue weighted by Crippen LogP contribution is -2.11. The Morgan fingerprint density at radius 3 is 2.75 bits per heavy atom. The number of hydrogen-bond donors (Lipinski definition) is 2. The van der Waals surface area contributed by atoms with Gasteiger partial charge in [0, 0.05) is 29.2 Å². The number of fused-ring (bicyclic) bond motifs is 1. The van der Waals surface area contributed by atoms with Crippen LogP contribution in [0.2, 0.25) is 0 Å². The zero-order chi connectivity index (χ0) is 17.1. The molecule has 1 aromatic heterocycles. The van der Waals surface area contributed by atoms with Gasteiger partial charge < -0.3 is 15.5 Å². The summed E-state index contributed by atoms with van der Waals surface area (Å²) in [5.41, 5.74) is 8.66. The van der Waals surface area contributed by atoms with E-state index in [4.69, 9.17) is 10.2 Å². The van der Waals surface area contributed by atoms with Gasteiger partial charge in [0.25, 0.3) is 0 Å². The Morgan fingerprint density at radius 2 is 2.00 bits per heavy atom. The molecule has 5 nitrogen and oxygen atoms in total. The molecule has 24 heavy (non-hydrogen) atoms. The monoisotopic (exact) mass is 322 g/mol. The first-order valence-corrected chi connectivity index (χ1v) is 7.76. The number of hydrogen-bond acceptors (Lipinski definition) is 4. The molecule has 1 heterocycles. The quantitative estimate of drug-likeness (QED) is 0.707. The molecule has 122 valence electrons. The van der Waals surface area contributed by atoms with Crippen LogP contribution >= 0.6 is 0 Å². The van der Waals surface area contributed by atoms with Crippen LogP contribution in [0, 0.1) is 0 Å². The van der Waals surface area contributed by atoms with E-state index < -0.39 is 5.91 Å². The minimum atomic E-state index is -0.475. The average Bonchev–Trinajstić information content (AvgIpc) is 2.59. The molecule has 0 saturated carbocycles. The van der Waals surface area contributed by atoms with Crippen molar-refractivity contribution in [3.63, 3.8) is 0 Å². The summed E-state index contributed by atoms with van der Waals surface area (Å²) in [6.07, 6.45) is 0.877. The SMILES string of the molecule is CCc1ccc2c(CNc3cccc(C(N)=O)c3)cc(=O)oc2c1. The summed E-state index contributed by atoms with van der Waals surface area (Å²) in [5, 5.41) is 4.11. The van der Waals surface area contributed by atoms with Crippen LogP contribution < -0.4 is 16.7 Å². The highest BCUT2D eigenvalue weighted by Crippen LogP contribution is 2.20. The molecule has 0 aliphatic carbocycles. The van der Waals surface area contributed by atoms with Crippen LogP contribution in [0.1, 0.15) is 28.4 Å². The number of benzene rings is 2. The van der Waals surface area contributed by atoms with Crippen molar-refractivity contribution in [3.05, 3.63) is 75.6 Å². The van der Waals surface area contributed by atoms with Crippen molar-refractivity contribution in [3.8, 4) is 0 Å². The topological polar surface area (TPSA) is 85.3 Å². The van der Waals surface area contributed by atoms with Gasteiger partial charge in [0.1, 0.15) is 5.58 Å². The van der Waals surface area contributed by atoms with E-state index >= 15 is 0 Å². The molecule has 3 N–H and O–H groups in total. The number of carbonyl (C=O) groups is 1. The molecule has 3 rings (SSSR count). The number of carbonyl (C=O) groups excluding carboxylic acids is 1. The highest BCUT2D eigenvalue weighted by Gasteiger charge is 2.07. The van der Waals surface area contributed by atoms with Gasteiger partial charge in [-0.1, -0.05) is 25.1 Å². The summed E-state index contributed by atoms with van der Waals surface area (Å²) in [4.78, 5) is 23.1. The molecule has 0 radical (unpaired) electrons. The Morgan fingerprint density at radius 1 is 1.17 bits per heavy atom. The first-order chi connectivity index (χ1) is 11.6. The van der Waals surface area contributed by atoms with Gasteiger partial charge in [0.2, 0.25) is 5.91 Å². The number of nitrogens with two attached hydrogens (primary N) is 1. The van der Waals surface area contributed by atoms with Crippen LogP contribution in [0.4, 0.5) is 5.69 Å². The van der Waals surface area contributed by atoms with Crippen LogP contribution in [0.3, 0.4) is 0 Å². The maximum atomic E-state index is 11.8. The van der Waals surface area contributed by atoms with Crippen molar-refractivity contribution in [2.75, 3.05) is 5.32 Å². The highest BCUT2D eigenvalue weighted by atomic mass is 16.4. The summed E-state index contributed by atoms with van der Waals surface area (Å²) < 4.78 is 5.30. The van der Waals surface area contributed by atoms with Gasteiger partial charge in [-0.25, -0.2) is 4.79 Å². The summed E-state index contributed by atoms with van der Waals surface area (Å²) in [5.74, 6) is -0.475. The molecule has 0 spiro atoms. The molecule has 2 aromatic carbocycles. The predicted molar refractivity (Wildman–Crippen MR) is 94.1 cm³/mol. The van der Waals surface area contributed by atoms with Gasteiger partial charge in [0.05, 0.1) is 0 Å². The zero-order valence-electron chi connectivity index (χ0n) is 13.3. The Bertz CT molecular complexity index is 960. The van der Waals surface area contributed by atoms with Crippen molar-refractivity contribution >= 4 is 22.6 Å². The largest absolute Gasteiger partial charge is 0.423 e. The molecular formula is C19H18N2O3. The lowest BCUT2D eigenvalue weighted by atomic mass is 10.1. The third-order valence-corrected chi connectivity index (χ3v) is 3.93. The fourth-order valence-corrected chi connectivity index (χ4v) is 2.62. The number of rotatable bonds is 5. The smallest absolute Gasteiger partial charge is 0.336 e. The summed E-state index contributed by atoms with van der Waals surface area (Å²) in [6, 6.07) is 14.3. The van der Waals surface area contributed by atoms with E-state index in [9.17, 15) is 9.59 Å². The highest BCUT2D eigenvalue weighted by molar-refractivity contribution is 5.93. The van der Waals surface area contributed by atoms with Crippen molar-refractivity contribution in [2.45, 2.75) is 19.9 Å². The standard InChI is InChI=1S/C19H18N2O3/c1-2-12-6-7-16-14(10-18(22)24-17(16)8-12)11-21-15-5-3-4-13(9-15)19(20)23/h3-10,21H,2,11H2,1H3,(H2,20,23). The minimum absolute atomic E-state index is 0.376. The van der Waals surface area contributed by atoms with Crippen molar-refractivity contribution in [2.24, 2.45) is 5.73 Å². The second-order valence-electron chi connectivity index (χ2n) is 5.57. The first-order valence-electron chi connectivity index (χ1n) is 7.76. The summed E-state index contributed by atoms with van der Waals surface area (Å²) >= 11 is 0. The molecule has 0 aliphatic heterocycles. The van der Waals surface area contributed by atoms with E-state index in [0.29, 0.717) is 17.7 Å². The van der Waals surface area contributed by atoms with Gasteiger partial charge in [0.15, 0.2) is 0 Å². The van der Waals surface area contributed by atoms with Crippen molar-refractivity contribution < 1.29 is 9.21 Å². The lowest BCUT2D eigenvalue weighted by Gasteiger charge is -2.10. The fourth-order valence-electron chi connectivity index (χ4n) is 2.62. The zero-order valence-corrected chi connectivity index (χ0v) is 13.3. The molecule has 0 unspecified atom stereocenters. The van der Waals surface area contributed by atoms with Gasteiger partial charge in [-0.15, -0.1) is 0 Å². The molecule has 3 aromatic rings. The fraction of sp³-hybridized carbons (Fsp3) is 0.158. The molecule has 0 saturated heterocycles. The van der Waals surface area contributed by atoms with Crippen LogP contribution in [-0.2, 0) is 13.0 Å². The second kappa shape index (κ2) is 6.58. The number of primary amides is 1. The van der Waals surface area contributed by atoms with Crippen LogP contribution in [0.25, 0.3) is 11.0 Å². The van der Waals surface area contributed by atoms with Crippen LogP contribution in [-0.4, -0.2) is 5.91 Å². The van der Waals surface area contributed by atoms with E-state index in [-0.39, 0.29) is 5.63 Å². The average molecular weight is 322 g/mol. The van der Waals surface area contributed by atoms with E-state index in [1.54, 1.807) is 18.2 Å². The number of anilines is 1. The molecule has 0 bridgehead atoms. The third kappa shape index (κ3) is 3.30. The number of amides is 1. The maximum absolute atomic E-state index is 11.8. The minimum Gasteiger partial charge on any atom is -0.423 e. The number of nitrogens with one attached hydrogen (secondary N) is 1. The van der Waals surface area contributed by atoms with E-state index in [1.807, 2.05) is 24.3 Å². The summed E-state index contributed by atoms with van der Waals surface area (Å²) in [7, 11) is 0. The van der Waals surface area contributed by atoms with Gasteiger partial charge in [-0.05, 0) is 41.8 Å². The molecule has 1 amide bonds. The first kappa shape index (κ1) is 15.8. The second-order valence-corrected chi connectivity index (χ2v) is 5.57. The molecule has 0 aliphatic rings. The molecule has 0 atom stereocenters. The molecule has 5 heteroatoms. The Kier molecular flexibility index (Phi) is 4.33. The van der Waals surface area contributed by atoms with Crippen molar-refractivity contribution in [1.82, 2.24) is 0 Å². The van der Waals surface area contributed by atoms with E-state index in [2.05, 4.69) is 12.2 Å². The van der Waals surface area contributed by atoms with E-state index in [1.165, 1.54) is 6.07 Å². The molecule has 0 fully saturated rings. The maximum Gasteiger partial charge on any atom is 0.336 e. The van der Waals surface area contributed by atoms with Crippen LogP contribution in [0.5, 0.6) is 0 Å². The van der Waals surface area contributed by atoms with Crippen molar-refractivity contribution in [1.29, 1.82) is 0 Å². The Hall–Kier alpha value is -3.08. The molecular weight excluding hydrogens is 304 g/mol. The van der Waals surface area contributed by atoms with Gasteiger partial charge in [-0.2, -0.15) is 0 Å². The third-order valence-electron chi connectivity index (χ3n) is 3.93. The predicted octanol–water partition coefficient (Wildman–Crippen LogP) is 3.07. The van der Waals surface area contributed by atoms with Crippen LogP contribution in [0.15, 0.2) is 57.7 Å². The lowest BCUT2D eigenvalue weighted by molar-refractivity contribution is 0.100. The Labute approximate surface area is 139 Å². The van der Waals surface area contributed by atoms with Gasteiger partial charge >= 0.3 is 5.63 Å². The summed E-state index contributed by atoms with van der Waals surface area (Å²) in [6.45, 7) is 2.49.